The van der Waals surface area contributed by atoms with E-state index >= 15 is 0 Å². The molecule has 1 aliphatic rings. The summed E-state index contributed by atoms with van der Waals surface area (Å²) in [5, 5.41) is 11.1. The lowest BCUT2D eigenvalue weighted by atomic mass is 10.1. The molecule has 1 fully saturated rings. The molecule has 0 radical (unpaired) electrons. The number of carbonyl (C=O) groups excluding carboxylic acids is 1. The minimum absolute atomic E-state index is 0.0671. The molecule has 1 aromatic carbocycles. The molecule has 1 saturated heterocycles. The summed E-state index contributed by atoms with van der Waals surface area (Å²) in [6.45, 7) is 0.926. The molecule has 7 nitrogen and oxygen atoms in total. The van der Waals surface area contributed by atoms with Gasteiger partial charge in [0, 0.05) is 17.1 Å². The summed E-state index contributed by atoms with van der Waals surface area (Å²) in [6.07, 6.45) is 0. The second-order valence-corrected chi connectivity index (χ2v) is 4.99. The Labute approximate surface area is 117 Å². The van der Waals surface area contributed by atoms with Crippen LogP contribution in [-0.2, 0) is 9.53 Å². The Balaban J connectivity index is 2.44. The van der Waals surface area contributed by atoms with Crippen LogP contribution in [-0.4, -0.2) is 36.6 Å². The molecule has 2 rings (SSSR count). The van der Waals surface area contributed by atoms with Crippen LogP contribution >= 0.6 is 15.9 Å². The fourth-order valence-corrected chi connectivity index (χ4v) is 2.36. The third-order valence-electron chi connectivity index (χ3n) is 2.90. The fraction of sp³-hybridized carbons (Fsp3) is 0.364. The van der Waals surface area contributed by atoms with E-state index in [0.717, 1.165) is 0 Å². The molecular formula is C11H12BrN3O4. The van der Waals surface area contributed by atoms with Crippen molar-refractivity contribution >= 4 is 33.2 Å². The van der Waals surface area contributed by atoms with E-state index in [1.165, 1.54) is 6.07 Å². The highest BCUT2D eigenvalue weighted by atomic mass is 79.9. The number of hydrogen-bond donors (Lipinski definition) is 1. The summed E-state index contributed by atoms with van der Waals surface area (Å²) in [7, 11) is 0. The van der Waals surface area contributed by atoms with Crippen molar-refractivity contribution in [1.29, 1.82) is 0 Å². The van der Waals surface area contributed by atoms with Crippen LogP contribution in [0.4, 0.5) is 11.4 Å². The maximum Gasteiger partial charge on any atom is 0.293 e. The van der Waals surface area contributed by atoms with Gasteiger partial charge in [-0.2, -0.15) is 0 Å². The van der Waals surface area contributed by atoms with E-state index in [2.05, 4.69) is 15.9 Å². The number of amides is 1. The first-order valence-corrected chi connectivity index (χ1v) is 6.37. The van der Waals surface area contributed by atoms with Gasteiger partial charge in [0.05, 0.1) is 18.1 Å². The number of nitrogens with zero attached hydrogens (tertiary/aromatic N) is 2. The van der Waals surface area contributed by atoms with Gasteiger partial charge in [-0.05, 0) is 12.1 Å². The molecular weight excluding hydrogens is 318 g/mol. The van der Waals surface area contributed by atoms with Crippen molar-refractivity contribution in [3.63, 3.8) is 0 Å². The van der Waals surface area contributed by atoms with E-state index in [1.807, 2.05) is 0 Å². The average molecular weight is 330 g/mol. The number of nitrogens with two attached hydrogens (primary N) is 1. The molecule has 8 heteroatoms. The van der Waals surface area contributed by atoms with E-state index in [0.29, 0.717) is 23.3 Å². The number of nitro benzene ring substituents is 1. The summed E-state index contributed by atoms with van der Waals surface area (Å²) in [6, 6.07) is 4.01. The standard InChI is InChI=1S/C11H12BrN3O4/c12-7-1-2-8(9(5-7)15(17)18)14-3-4-19-6-10(14)11(13)16/h1-2,5,10H,3-4,6H2,(H2,13,16). The van der Waals surface area contributed by atoms with Gasteiger partial charge in [-0.25, -0.2) is 0 Å². The predicted octanol–water partition coefficient (Wildman–Crippen LogP) is 1.05. The molecule has 1 atom stereocenters. The summed E-state index contributed by atoms with van der Waals surface area (Å²) in [4.78, 5) is 23.7. The monoisotopic (exact) mass is 329 g/mol. The highest BCUT2D eigenvalue weighted by Gasteiger charge is 2.32. The highest BCUT2D eigenvalue weighted by molar-refractivity contribution is 9.10. The van der Waals surface area contributed by atoms with Crippen LogP contribution < -0.4 is 10.6 Å². The lowest BCUT2D eigenvalue weighted by Crippen LogP contribution is -2.52. The number of benzene rings is 1. The number of primary amides is 1. The van der Waals surface area contributed by atoms with Crippen molar-refractivity contribution in [3.05, 3.63) is 32.8 Å². The molecule has 2 N–H and O–H groups in total. The molecule has 1 aliphatic heterocycles. The van der Waals surface area contributed by atoms with Crippen molar-refractivity contribution in [2.75, 3.05) is 24.7 Å². The third kappa shape index (κ3) is 2.85. The first-order chi connectivity index (χ1) is 9.00. The molecule has 0 aromatic heterocycles. The number of rotatable bonds is 3. The second-order valence-electron chi connectivity index (χ2n) is 4.08. The molecule has 0 bridgehead atoms. The third-order valence-corrected chi connectivity index (χ3v) is 3.39. The minimum atomic E-state index is -0.686. The Morgan fingerprint density at radius 2 is 2.32 bits per heavy atom. The van der Waals surface area contributed by atoms with Gasteiger partial charge in [0.1, 0.15) is 11.7 Å². The van der Waals surface area contributed by atoms with Crippen molar-refractivity contribution in [3.8, 4) is 0 Å². The number of carbonyl (C=O) groups is 1. The van der Waals surface area contributed by atoms with E-state index in [4.69, 9.17) is 10.5 Å². The largest absolute Gasteiger partial charge is 0.377 e. The molecule has 0 saturated carbocycles. The average Bonchev–Trinajstić information content (AvgIpc) is 2.38. The zero-order valence-corrected chi connectivity index (χ0v) is 11.5. The molecule has 0 aliphatic carbocycles. The fourth-order valence-electron chi connectivity index (χ4n) is 2.01. The highest BCUT2D eigenvalue weighted by Crippen LogP contribution is 2.33. The van der Waals surface area contributed by atoms with Gasteiger partial charge in [-0.3, -0.25) is 14.9 Å². The van der Waals surface area contributed by atoms with Crippen LogP contribution in [0.1, 0.15) is 0 Å². The van der Waals surface area contributed by atoms with Gasteiger partial charge < -0.3 is 15.4 Å². The molecule has 1 unspecified atom stereocenters. The van der Waals surface area contributed by atoms with Crippen molar-refractivity contribution in [2.45, 2.75) is 6.04 Å². The zero-order valence-electron chi connectivity index (χ0n) is 9.91. The topological polar surface area (TPSA) is 98.7 Å². The molecule has 0 spiro atoms. The van der Waals surface area contributed by atoms with Gasteiger partial charge in [0.15, 0.2) is 0 Å². The normalized spacial score (nSPS) is 19.2. The number of nitro groups is 1. The number of ether oxygens (including phenoxy) is 1. The van der Waals surface area contributed by atoms with Gasteiger partial charge in [-0.1, -0.05) is 15.9 Å². The van der Waals surface area contributed by atoms with Crippen LogP contribution in [0, 0.1) is 10.1 Å². The maximum atomic E-state index is 11.4. The van der Waals surface area contributed by atoms with Crippen LogP contribution in [0.15, 0.2) is 22.7 Å². The number of morpholine rings is 1. The predicted molar refractivity (Wildman–Crippen MR) is 71.9 cm³/mol. The van der Waals surface area contributed by atoms with Crippen molar-refractivity contribution in [1.82, 2.24) is 0 Å². The number of halogens is 1. The first-order valence-electron chi connectivity index (χ1n) is 5.58. The quantitative estimate of drug-likeness (QED) is 0.660. The molecule has 1 heterocycles. The van der Waals surface area contributed by atoms with E-state index in [9.17, 15) is 14.9 Å². The number of anilines is 1. The second kappa shape index (κ2) is 5.54. The Morgan fingerprint density at radius 3 is 2.95 bits per heavy atom. The Bertz CT molecular complexity index is 523. The lowest BCUT2D eigenvalue weighted by molar-refractivity contribution is -0.384. The van der Waals surface area contributed by atoms with Gasteiger partial charge >= 0.3 is 0 Å². The smallest absolute Gasteiger partial charge is 0.293 e. The summed E-state index contributed by atoms with van der Waals surface area (Å²) < 4.78 is 5.80. The SMILES string of the molecule is NC(=O)C1COCCN1c1ccc(Br)cc1[N+](=O)[O-]. The number of hydrogen-bond acceptors (Lipinski definition) is 5. The minimum Gasteiger partial charge on any atom is -0.377 e. The first kappa shape index (κ1) is 13.8. The zero-order chi connectivity index (χ0) is 14.0. The van der Waals surface area contributed by atoms with E-state index < -0.39 is 16.9 Å². The van der Waals surface area contributed by atoms with E-state index in [1.54, 1.807) is 17.0 Å². The van der Waals surface area contributed by atoms with Crippen LogP contribution in [0.2, 0.25) is 0 Å². The van der Waals surface area contributed by atoms with Crippen LogP contribution in [0.25, 0.3) is 0 Å². The van der Waals surface area contributed by atoms with Crippen molar-refractivity contribution in [2.24, 2.45) is 5.73 Å². The summed E-state index contributed by atoms with van der Waals surface area (Å²) in [5.41, 5.74) is 5.62. The van der Waals surface area contributed by atoms with Crippen molar-refractivity contribution < 1.29 is 14.5 Å². The van der Waals surface area contributed by atoms with Gasteiger partial charge in [0.25, 0.3) is 5.69 Å². The summed E-state index contributed by atoms with van der Waals surface area (Å²) >= 11 is 3.19. The Morgan fingerprint density at radius 1 is 1.58 bits per heavy atom. The van der Waals surface area contributed by atoms with Crippen LogP contribution in [0.3, 0.4) is 0 Å². The Hall–Kier alpha value is -1.67. The lowest BCUT2D eigenvalue weighted by Gasteiger charge is -2.34. The molecule has 102 valence electrons. The van der Waals surface area contributed by atoms with Crippen LogP contribution in [0.5, 0.6) is 0 Å². The maximum absolute atomic E-state index is 11.4. The van der Waals surface area contributed by atoms with E-state index in [-0.39, 0.29) is 12.3 Å². The van der Waals surface area contributed by atoms with Gasteiger partial charge in [-0.15, -0.1) is 0 Å². The summed E-state index contributed by atoms with van der Waals surface area (Å²) in [5.74, 6) is -0.558. The van der Waals surface area contributed by atoms with Gasteiger partial charge in [0.2, 0.25) is 5.91 Å². The molecule has 19 heavy (non-hydrogen) atoms. The Kier molecular flexibility index (Phi) is 4.01. The molecule has 1 amide bonds. The molecule has 1 aromatic rings.